The molecule has 9 heteroatoms. The van der Waals surface area contributed by atoms with E-state index in [1.165, 1.54) is 0 Å². The van der Waals surface area contributed by atoms with Gasteiger partial charge in [-0.3, -0.25) is 14.4 Å². The number of aliphatic hydroxyl groups is 4. The molecule has 2 fully saturated rings. The second-order valence-corrected chi connectivity index (χ2v) is 18.0. The monoisotopic (exact) mass is 860 g/mol. The Kier molecular flexibility index (Phi) is 14.3. The Morgan fingerprint density at radius 3 is 1.17 bits per heavy atom. The molecular formula is C55H60N2O7. The molecule has 332 valence electrons. The van der Waals surface area contributed by atoms with Gasteiger partial charge in [0, 0.05) is 60.5 Å². The van der Waals surface area contributed by atoms with Gasteiger partial charge >= 0.3 is 0 Å². The molecule has 0 saturated carbocycles. The second-order valence-electron chi connectivity index (χ2n) is 18.0. The fraction of sp³-hybridized carbons (Fsp3) is 0.364. The first kappa shape index (κ1) is 45.2. The topological polar surface area (TPSA) is 156 Å². The standard InChI is InChI=1S/C55H60N2O7/c58-33-43(34-59)54(29-47(51(62)39-19-9-3-10-20-39)45(37-15-5-1-6-16-37)27-49(54)41-23-13-25-56-31-41)53(64)55(44(35-60)36-61)30-48(52(63)40-21-11-4-12-22-40)46(38-17-7-2-8-18-38)28-50(55)42-24-14-26-57-32-42/h1-12,15-22,27-30,41-44,49-50,56-61H,13-14,23-26,31-36H2. The first-order valence-corrected chi connectivity index (χ1v) is 22.9. The molecule has 2 saturated heterocycles. The lowest BCUT2D eigenvalue weighted by molar-refractivity contribution is -0.153. The van der Waals surface area contributed by atoms with Crippen LogP contribution in [-0.4, -0.2) is 90.4 Å². The van der Waals surface area contributed by atoms with Crippen LogP contribution in [0.2, 0.25) is 0 Å². The van der Waals surface area contributed by atoms with E-state index in [1.807, 2.05) is 84.9 Å². The molecule has 2 heterocycles. The van der Waals surface area contributed by atoms with Gasteiger partial charge in [-0.05, 0) is 97.8 Å². The lowest BCUT2D eigenvalue weighted by Crippen LogP contribution is -2.62. The lowest BCUT2D eigenvalue weighted by Gasteiger charge is -2.56. The van der Waals surface area contributed by atoms with Gasteiger partial charge in [0.05, 0.1) is 10.8 Å². The highest BCUT2D eigenvalue weighted by Gasteiger charge is 2.64. The molecule has 6 N–H and O–H groups in total. The summed E-state index contributed by atoms with van der Waals surface area (Å²) in [4.78, 5) is 47.8. The van der Waals surface area contributed by atoms with Crippen molar-refractivity contribution in [2.75, 3.05) is 52.6 Å². The molecule has 9 nitrogen and oxygen atoms in total. The summed E-state index contributed by atoms with van der Waals surface area (Å²) < 4.78 is 0. The molecule has 2 aliphatic heterocycles. The van der Waals surface area contributed by atoms with E-state index in [1.54, 1.807) is 60.7 Å². The Morgan fingerprint density at radius 2 is 0.859 bits per heavy atom. The van der Waals surface area contributed by atoms with Crippen molar-refractivity contribution < 1.29 is 34.8 Å². The quantitative estimate of drug-likeness (QED) is 0.0670. The molecule has 0 spiro atoms. The van der Waals surface area contributed by atoms with Crippen LogP contribution in [0.4, 0.5) is 0 Å². The van der Waals surface area contributed by atoms with E-state index < -0.39 is 66.7 Å². The zero-order chi connectivity index (χ0) is 44.7. The molecular weight excluding hydrogens is 801 g/mol. The molecule has 0 aromatic heterocycles. The number of allylic oxidation sites excluding steroid dienone is 8. The molecule has 4 aliphatic rings. The number of hydrogen-bond donors (Lipinski definition) is 6. The van der Waals surface area contributed by atoms with Crippen molar-refractivity contribution in [1.82, 2.24) is 10.6 Å². The molecule has 0 radical (unpaired) electrons. The predicted molar refractivity (Wildman–Crippen MR) is 250 cm³/mol. The maximum absolute atomic E-state index is 17.5. The number of carbonyl (C=O) groups excluding carboxylic acids is 3. The SMILES string of the molecule is O=C(C1=CC(C(=O)C2(C(CO)CO)C=C(C(=O)c3ccccc3)C(c3ccccc3)=CC2C2CCCNC2)(C(CO)CO)C(C2CCCNC2)C=C1c1ccccc1)c1ccccc1. The van der Waals surface area contributed by atoms with Crippen molar-refractivity contribution in [2.45, 2.75) is 25.7 Å². The molecule has 2 aliphatic carbocycles. The van der Waals surface area contributed by atoms with Crippen LogP contribution in [0, 0.1) is 46.3 Å². The first-order chi connectivity index (χ1) is 31.3. The van der Waals surface area contributed by atoms with Gasteiger partial charge in [-0.25, -0.2) is 0 Å². The zero-order valence-corrected chi connectivity index (χ0v) is 36.3. The zero-order valence-electron chi connectivity index (χ0n) is 36.3. The first-order valence-electron chi connectivity index (χ1n) is 22.9. The molecule has 8 rings (SSSR count). The minimum Gasteiger partial charge on any atom is -0.396 e. The van der Waals surface area contributed by atoms with Crippen LogP contribution in [0.15, 0.2) is 157 Å². The highest BCUT2D eigenvalue weighted by molar-refractivity contribution is 6.21. The minimum atomic E-state index is -1.79. The van der Waals surface area contributed by atoms with E-state index in [-0.39, 0.29) is 34.5 Å². The van der Waals surface area contributed by atoms with E-state index in [2.05, 4.69) is 10.6 Å². The maximum Gasteiger partial charge on any atom is 0.193 e. The summed E-state index contributed by atoms with van der Waals surface area (Å²) >= 11 is 0. The highest BCUT2D eigenvalue weighted by Crippen LogP contribution is 2.60. The van der Waals surface area contributed by atoms with Crippen LogP contribution in [0.3, 0.4) is 0 Å². The number of rotatable bonds is 16. The number of carbonyl (C=O) groups is 3. The minimum absolute atomic E-state index is 0.191. The van der Waals surface area contributed by atoms with Gasteiger partial charge in [0.25, 0.3) is 0 Å². The fourth-order valence-corrected chi connectivity index (χ4v) is 11.3. The van der Waals surface area contributed by atoms with E-state index in [0.717, 1.165) is 49.9 Å². The van der Waals surface area contributed by atoms with E-state index in [9.17, 15) is 20.4 Å². The number of hydrogen-bond acceptors (Lipinski definition) is 9. The van der Waals surface area contributed by atoms with Gasteiger partial charge in [0.2, 0.25) is 0 Å². The van der Waals surface area contributed by atoms with Crippen molar-refractivity contribution in [3.8, 4) is 0 Å². The largest absolute Gasteiger partial charge is 0.396 e. The third kappa shape index (κ3) is 8.37. The third-order valence-corrected chi connectivity index (χ3v) is 14.6. The molecule has 64 heavy (non-hydrogen) atoms. The summed E-state index contributed by atoms with van der Waals surface area (Å²) in [6.45, 7) is 0.243. The van der Waals surface area contributed by atoms with Crippen molar-refractivity contribution in [3.05, 3.63) is 179 Å². The smallest absolute Gasteiger partial charge is 0.193 e. The van der Waals surface area contributed by atoms with E-state index in [0.29, 0.717) is 35.4 Å². The van der Waals surface area contributed by atoms with Crippen molar-refractivity contribution in [1.29, 1.82) is 0 Å². The van der Waals surface area contributed by atoms with Crippen LogP contribution in [0.25, 0.3) is 11.1 Å². The van der Waals surface area contributed by atoms with Crippen LogP contribution < -0.4 is 10.6 Å². The molecule has 0 bridgehead atoms. The average Bonchev–Trinajstić information content (AvgIpc) is 3.37. The van der Waals surface area contributed by atoms with Gasteiger partial charge in [0.15, 0.2) is 17.3 Å². The van der Waals surface area contributed by atoms with Crippen LogP contribution >= 0.6 is 0 Å². The average molecular weight is 861 g/mol. The van der Waals surface area contributed by atoms with E-state index >= 15 is 14.4 Å². The molecule has 6 atom stereocenters. The summed E-state index contributed by atoms with van der Waals surface area (Å²) in [6.07, 6.45) is 10.6. The molecule has 4 aromatic rings. The Morgan fingerprint density at radius 1 is 0.516 bits per heavy atom. The van der Waals surface area contributed by atoms with Gasteiger partial charge in [-0.1, -0.05) is 146 Å². The summed E-state index contributed by atoms with van der Waals surface area (Å²) in [7, 11) is 0. The Bertz CT molecular complexity index is 2210. The third-order valence-electron chi connectivity index (χ3n) is 14.6. The maximum atomic E-state index is 17.5. The van der Waals surface area contributed by atoms with Gasteiger partial charge in [0.1, 0.15) is 0 Å². The number of benzene rings is 4. The van der Waals surface area contributed by atoms with Crippen molar-refractivity contribution in [2.24, 2.45) is 46.3 Å². The summed E-state index contributed by atoms with van der Waals surface area (Å²) in [5.74, 6) is -5.09. The van der Waals surface area contributed by atoms with Gasteiger partial charge < -0.3 is 31.1 Å². The van der Waals surface area contributed by atoms with Gasteiger partial charge in [-0.2, -0.15) is 0 Å². The number of nitrogens with one attached hydrogen (secondary N) is 2. The van der Waals surface area contributed by atoms with E-state index in [4.69, 9.17) is 0 Å². The Hall–Kier alpha value is -5.39. The Labute approximate surface area is 376 Å². The van der Waals surface area contributed by atoms with Crippen molar-refractivity contribution >= 4 is 28.5 Å². The number of aliphatic hydroxyl groups excluding tert-OH is 4. The summed E-state index contributed by atoms with van der Waals surface area (Å²) in [5, 5.41) is 53.5. The van der Waals surface area contributed by atoms with Gasteiger partial charge in [-0.15, -0.1) is 0 Å². The van der Waals surface area contributed by atoms with Crippen LogP contribution in [0.5, 0.6) is 0 Å². The number of ketones is 3. The fourth-order valence-electron chi connectivity index (χ4n) is 11.3. The lowest BCUT2D eigenvalue weighted by atomic mass is 9.46. The predicted octanol–water partition coefficient (Wildman–Crippen LogP) is 6.77. The second kappa shape index (κ2) is 20.2. The summed E-state index contributed by atoms with van der Waals surface area (Å²) in [5.41, 5.74) is 0.625. The number of Topliss-reactive ketones (excluding diaryl/α,β-unsaturated/α-hetero) is 3. The van der Waals surface area contributed by atoms with Crippen molar-refractivity contribution in [3.63, 3.8) is 0 Å². The molecule has 0 amide bonds. The molecule has 4 aromatic carbocycles. The normalized spacial score (nSPS) is 26.1. The number of piperidine rings is 2. The Balaban J connectivity index is 1.48. The summed E-state index contributed by atoms with van der Waals surface area (Å²) in [6, 6.07) is 37.1. The van der Waals surface area contributed by atoms with Crippen LogP contribution in [-0.2, 0) is 4.79 Å². The molecule has 6 unspecified atom stereocenters. The van der Waals surface area contributed by atoms with Crippen LogP contribution in [0.1, 0.15) is 57.5 Å². The highest BCUT2D eigenvalue weighted by atomic mass is 16.3.